The van der Waals surface area contributed by atoms with Crippen LogP contribution in [0.5, 0.6) is 0 Å². The molecule has 2 aliphatic rings. The summed E-state index contributed by atoms with van der Waals surface area (Å²) in [5.41, 5.74) is 6.64. The molecule has 1 aromatic rings. The van der Waals surface area contributed by atoms with Crippen LogP contribution in [0.25, 0.3) is 0 Å². The van der Waals surface area contributed by atoms with Gasteiger partial charge in [0.05, 0.1) is 24.3 Å². The van der Waals surface area contributed by atoms with E-state index in [1.54, 1.807) is 18.5 Å². The van der Waals surface area contributed by atoms with Crippen molar-refractivity contribution < 1.29 is 9.53 Å². The summed E-state index contributed by atoms with van der Waals surface area (Å²) in [6.45, 7) is 1.65. The summed E-state index contributed by atoms with van der Waals surface area (Å²) < 4.78 is 5.74. The Bertz CT molecular complexity index is 564. The molecule has 0 aromatic carbocycles. The molecule has 3 heterocycles. The van der Waals surface area contributed by atoms with E-state index >= 15 is 0 Å². The number of morpholine rings is 1. The van der Waals surface area contributed by atoms with Gasteiger partial charge in [0.15, 0.2) is 0 Å². The van der Waals surface area contributed by atoms with Crippen LogP contribution in [-0.2, 0) is 4.74 Å². The highest BCUT2D eigenvalue weighted by atomic mass is 16.5. The van der Waals surface area contributed by atoms with Crippen LogP contribution in [0.15, 0.2) is 18.5 Å². The number of rotatable bonds is 1. The van der Waals surface area contributed by atoms with Crippen LogP contribution in [0, 0.1) is 11.8 Å². The zero-order chi connectivity index (χ0) is 13.9. The van der Waals surface area contributed by atoms with Gasteiger partial charge in [-0.1, -0.05) is 11.8 Å². The van der Waals surface area contributed by atoms with Crippen molar-refractivity contribution in [3.8, 4) is 11.8 Å². The Morgan fingerprint density at radius 1 is 1.40 bits per heavy atom. The maximum absolute atomic E-state index is 12.5. The van der Waals surface area contributed by atoms with Crippen LogP contribution < -0.4 is 5.73 Å². The Morgan fingerprint density at radius 2 is 2.15 bits per heavy atom. The molecule has 0 aliphatic carbocycles. The van der Waals surface area contributed by atoms with Gasteiger partial charge in [-0.25, -0.2) is 0 Å². The number of likely N-dealkylation sites (tertiary alicyclic amines) is 1. The van der Waals surface area contributed by atoms with Gasteiger partial charge in [-0.2, -0.15) is 0 Å². The van der Waals surface area contributed by atoms with Gasteiger partial charge in [0, 0.05) is 31.0 Å². The van der Waals surface area contributed by atoms with Crippen LogP contribution in [0.2, 0.25) is 0 Å². The maximum Gasteiger partial charge on any atom is 0.255 e. The molecule has 1 amide bonds. The fraction of sp³-hybridized carbons (Fsp3) is 0.467. The first kappa shape index (κ1) is 13.1. The molecule has 1 aromatic heterocycles. The molecular formula is C15H17N3O2. The highest BCUT2D eigenvalue weighted by Crippen LogP contribution is 2.27. The minimum atomic E-state index is 0.00842. The normalized spacial score (nSPS) is 24.1. The van der Waals surface area contributed by atoms with E-state index in [0.717, 1.165) is 18.4 Å². The van der Waals surface area contributed by atoms with Crippen LogP contribution in [0.4, 0.5) is 0 Å². The summed E-state index contributed by atoms with van der Waals surface area (Å²) in [6, 6.07) is 1.77. The molecule has 104 valence electrons. The van der Waals surface area contributed by atoms with Crippen molar-refractivity contribution in [2.24, 2.45) is 5.73 Å². The van der Waals surface area contributed by atoms with Crippen molar-refractivity contribution in [3.05, 3.63) is 29.6 Å². The molecule has 2 saturated heterocycles. The Labute approximate surface area is 118 Å². The van der Waals surface area contributed by atoms with Crippen molar-refractivity contribution in [1.82, 2.24) is 9.88 Å². The summed E-state index contributed by atoms with van der Waals surface area (Å²) in [4.78, 5) is 18.5. The van der Waals surface area contributed by atoms with Crippen LogP contribution in [0.3, 0.4) is 0 Å². The standard InChI is InChI=1S/C15H17N3O2/c16-5-1-2-11-6-12(8-17-7-11)15(19)18-9-13-3-4-14(10-18)20-13/h6-8,13-14H,3-5,9-10,16H2. The van der Waals surface area contributed by atoms with Crippen LogP contribution in [0.1, 0.15) is 28.8 Å². The first-order valence-electron chi connectivity index (χ1n) is 6.85. The number of hydrogen-bond acceptors (Lipinski definition) is 4. The highest BCUT2D eigenvalue weighted by molar-refractivity contribution is 5.94. The van der Waals surface area contributed by atoms with E-state index in [9.17, 15) is 4.79 Å². The molecule has 5 heteroatoms. The first-order chi connectivity index (χ1) is 9.76. The second-order valence-electron chi connectivity index (χ2n) is 5.14. The molecule has 2 atom stereocenters. The zero-order valence-electron chi connectivity index (χ0n) is 11.2. The number of amides is 1. The van der Waals surface area contributed by atoms with Crippen molar-refractivity contribution in [2.45, 2.75) is 25.0 Å². The molecule has 3 rings (SSSR count). The minimum Gasteiger partial charge on any atom is -0.371 e. The SMILES string of the molecule is NCC#Cc1cncc(C(=O)N2CC3CCC(C2)O3)c1. The van der Waals surface area contributed by atoms with Crippen molar-refractivity contribution in [2.75, 3.05) is 19.6 Å². The number of aromatic nitrogens is 1. The summed E-state index contributed by atoms with van der Waals surface area (Å²) in [5, 5.41) is 0. The topological polar surface area (TPSA) is 68.5 Å². The third kappa shape index (κ3) is 2.67. The average molecular weight is 271 g/mol. The molecule has 2 bridgehead atoms. The van der Waals surface area contributed by atoms with E-state index < -0.39 is 0 Å². The predicted molar refractivity (Wildman–Crippen MR) is 74.0 cm³/mol. The van der Waals surface area contributed by atoms with E-state index in [2.05, 4.69) is 16.8 Å². The van der Waals surface area contributed by atoms with E-state index in [1.807, 2.05) is 4.90 Å². The minimum absolute atomic E-state index is 0.00842. The molecule has 20 heavy (non-hydrogen) atoms. The molecule has 2 fully saturated rings. The van der Waals surface area contributed by atoms with Gasteiger partial charge in [-0.05, 0) is 18.9 Å². The lowest BCUT2D eigenvalue weighted by molar-refractivity contribution is -0.0303. The predicted octanol–water partition coefficient (Wildman–Crippen LogP) is 0.395. The quantitative estimate of drug-likeness (QED) is 0.751. The lowest BCUT2D eigenvalue weighted by Gasteiger charge is -2.32. The first-order valence-corrected chi connectivity index (χ1v) is 6.85. The number of carbonyl (C=O) groups is 1. The van der Waals surface area contributed by atoms with E-state index in [1.165, 1.54) is 0 Å². The Hall–Kier alpha value is -1.90. The molecule has 5 nitrogen and oxygen atoms in total. The number of fused-ring (bicyclic) bond motifs is 2. The van der Waals surface area contributed by atoms with Crippen LogP contribution >= 0.6 is 0 Å². The molecule has 0 saturated carbocycles. The fourth-order valence-corrected chi connectivity index (χ4v) is 2.74. The molecular weight excluding hydrogens is 254 g/mol. The molecule has 2 N–H and O–H groups in total. The third-order valence-electron chi connectivity index (χ3n) is 3.65. The number of nitrogens with two attached hydrogens (primary N) is 1. The Morgan fingerprint density at radius 3 is 2.85 bits per heavy atom. The van der Waals surface area contributed by atoms with Gasteiger partial charge < -0.3 is 15.4 Å². The van der Waals surface area contributed by atoms with Gasteiger partial charge in [0.25, 0.3) is 5.91 Å². The fourth-order valence-electron chi connectivity index (χ4n) is 2.74. The number of pyridine rings is 1. The van der Waals surface area contributed by atoms with E-state index in [-0.39, 0.29) is 18.1 Å². The van der Waals surface area contributed by atoms with Gasteiger partial charge in [0.1, 0.15) is 0 Å². The largest absolute Gasteiger partial charge is 0.371 e. The average Bonchev–Trinajstić information content (AvgIpc) is 2.83. The maximum atomic E-state index is 12.5. The molecule has 0 radical (unpaired) electrons. The van der Waals surface area contributed by atoms with Gasteiger partial charge in [0.2, 0.25) is 0 Å². The van der Waals surface area contributed by atoms with Gasteiger partial charge in [-0.3, -0.25) is 9.78 Å². The Kier molecular flexibility index (Phi) is 3.68. The zero-order valence-corrected chi connectivity index (χ0v) is 11.2. The van der Waals surface area contributed by atoms with Crippen molar-refractivity contribution in [1.29, 1.82) is 0 Å². The van der Waals surface area contributed by atoms with Crippen molar-refractivity contribution >= 4 is 5.91 Å². The van der Waals surface area contributed by atoms with E-state index in [4.69, 9.17) is 10.5 Å². The van der Waals surface area contributed by atoms with Crippen LogP contribution in [-0.4, -0.2) is 47.6 Å². The second kappa shape index (κ2) is 5.61. The number of ether oxygens (including phenoxy) is 1. The molecule has 2 aliphatic heterocycles. The number of hydrogen-bond donors (Lipinski definition) is 1. The summed E-state index contributed by atoms with van der Waals surface area (Å²) in [7, 11) is 0. The third-order valence-corrected chi connectivity index (χ3v) is 3.65. The molecule has 2 unspecified atom stereocenters. The van der Waals surface area contributed by atoms with E-state index in [0.29, 0.717) is 25.2 Å². The summed E-state index contributed by atoms with van der Waals surface area (Å²) in [6.07, 6.45) is 5.73. The van der Waals surface area contributed by atoms with Gasteiger partial charge in [-0.15, -0.1) is 0 Å². The highest BCUT2D eigenvalue weighted by Gasteiger charge is 2.35. The van der Waals surface area contributed by atoms with Crippen molar-refractivity contribution in [3.63, 3.8) is 0 Å². The lowest BCUT2D eigenvalue weighted by atomic mass is 10.1. The second-order valence-corrected chi connectivity index (χ2v) is 5.14. The number of carbonyl (C=O) groups excluding carboxylic acids is 1. The number of nitrogens with zero attached hydrogens (tertiary/aromatic N) is 2. The monoisotopic (exact) mass is 271 g/mol. The molecule has 0 spiro atoms. The summed E-state index contributed by atoms with van der Waals surface area (Å²) >= 11 is 0. The summed E-state index contributed by atoms with van der Waals surface area (Å²) in [5.74, 6) is 5.68. The smallest absolute Gasteiger partial charge is 0.255 e. The van der Waals surface area contributed by atoms with Gasteiger partial charge >= 0.3 is 0 Å². The Balaban J connectivity index is 1.76. The lowest BCUT2D eigenvalue weighted by Crippen LogP contribution is -2.45.